The van der Waals surface area contributed by atoms with Crippen LogP contribution in [0.1, 0.15) is 17.3 Å². The van der Waals surface area contributed by atoms with E-state index < -0.39 is 17.7 Å². The molecule has 0 radical (unpaired) electrons. The second-order valence-electron chi connectivity index (χ2n) is 6.75. The van der Waals surface area contributed by atoms with Crippen molar-refractivity contribution in [3.63, 3.8) is 0 Å². The van der Waals surface area contributed by atoms with E-state index in [0.717, 1.165) is 0 Å². The fourth-order valence-electron chi connectivity index (χ4n) is 3.25. The number of likely N-dealkylation sites (N-methyl/N-ethyl adjacent to an activating group) is 1. The zero-order valence-corrected chi connectivity index (χ0v) is 16.1. The molecule has 2 aromatic rings. The molecule has 1 fully saturated rings. The zero-order chi connectivity index (χ0) is 20.3. The van der Waals surface area contributed by atoms with Crippen LogP contribution in [0.15, 0.2) is 54.2 Å². The van der Waals surface area contributed by atoms with Crippen LogP contribution in [-0.2, 0) is 9.59 Å². The molecular weight excluding hydrogens is 358 g/mol. The summed E-state index contributed by atoms with van der Waals surface area (Å²) < 4.78 is 5.31. The maximum Gasteiger partial charge on any atom is 0.295 e. The van der Waals surface area contributed by atoms with E-state index in [1.807, 2.05) is 19.0 Å². The number of aliphatic hydroxyl groups excluding tert-OH is 1. The molecule has 0 spiro atoms. The van der Waals surface area contributed by atoms with Crippen molar-refractivity contribution in [1.29, 1.82) is 0 Å². The maximum atomic E-state index is 12.9. The van der Waals surface area contributed by atoms with Gasteiger partial charge in [0.2, 0.25) is 0 Å². The second-order valence-corrected chi connectivity index (χ2v) is 6.75. The SMILES string of the molecule is COc1ccccc1/C(O)=C1/C(=O)C(=O)N(CCN(C)C)C1c1ccccn1. The van der Waals surface area contributed by atoms with Crippen molar-refractivity contribution in [1.82, 2.24) is 14.8 Å². The Kier molecular flexibility index (Phi) is 5.75. The summed E-state index contributed by atoms with van der Waals surface area (Å²) >= 11 is 0. The molecule has 1 aliphatic heterocycles. The summed E-state index contributed by atoms with van der Waals surface area (Å²) in [6, 6.07) is 11.4. The topological polar surface area (TPSA) is 83.0 Å². The van der Waals surface area contributed by atoms with E-state index >= 15 is 0 Å². The molecule has 7 heteroatoms. The Bertz CT molecular complexity index is 909. The molecule has 1 aliphatic rings. The zero-order valence-electron chi connectivity index (χ0n) is 16.1. The van der Waals surface area contributed by atoms with E-state index in [1.54, 1.807) is 48.7 Å². The van der Waals surface area contributed by atoms with Gasteiger partial charge in [0, 0.05) is 19.3 Å². The van der Waals surface area contributed by atoms with Gasteiger partial charge in [-0.2, -0.15) is 0 Å². The van der Waals surface area contributed by atoms with Crippen molar-refractivity contribution >= 4 is 17.4 Å². The highest BCUT2D eigenvalue weighted by molar-refractivity contribution is 6.46. The normalized spacial score (nSPS) is 18.7. The number of methoxy groups -OCH3 is 1. The number of hydrogen-bond donors (Lipinski definition) is 1. The molecule has 1 aromatic carbocycles. The third-order valence-electron chi connectivity index (χ3n) is 4.66. The molecule has 1 amide bonds. The number of carbonyl (C=O) groups is 2. The van der Waals surface area contributed by atoms with Gasteiger partial charge in [0.15, 0.2) is 0 Å². The van der Waals surface area contributed by atoms with Gasteiger partial charge in [-0.25, -0.2) is 0 Å². The summed E-state index contributed by atoms with van der Waals surface area (Å²) in [4.78, 5) is 33.4. The lowest BCUT2D eigenvalue weighted by molar-refractivity contribution is -0.140. The number of amides is 1. The second kappa shape index (κ2) is 8.22. The molecule has 1 aromatic heterocycles. The number of para-hydroxylation sites is 1. The van der Waals surface area contributed by atoms with Gasteiger partial charge in [0.1, 0.15) is 17.6 Å². The number of benzene rings is 1. The van der Waals surface area contributed by atoms with E-state index in [0.29, 0.717) is 30.1 Å². The number of Topliss-reactive ketones (excluding diaryl/α,β-unsaturated/α-hetero) is 1. The molecule has 146 valence electrons. The van der Waals surface area contributed by atoms with Crippen LogP contribution in [0.2, 0.25) is 0 Å². The van der Waals surface area contributed by atoms with Crippen LogP contribution in [0, 0.1) is 0 Å². The third kappa shape index (κ3) is 3.61. The molecule has 3 rings (SSSR count). The highest BCUT2D eigenvalue weighted by atomic mass is 16.5. The summed E-state index contributed by atoms with van der Waals surface area (Å²) in [6.45, 7) is 0.909. The number of ketones is 1. The number of pyridine rings is 1. The quantitative estimate of drug-likeness (QED) is 0.469. The third-order valence-corrected chi connectivity index (χ3v) is 4.66. The van der Waals surface area contributed by atoms with Gasteiger partial charge in [-0.15, -0.1) is 0 Å². The first-order valence-corrected chi connectivity index (χ1v) is 8.93. The van der Waals surface area contributed by atoms with Crippen molar-refractivity contribution in [2.75, 3.05) is 34.3 Å². The molecule has 28 heavy (non-hydrogen) atoms. The van der Waals surface area contributed by atoms with Crippen LogP contribution < -0.4 is 4.74 Å². The maximum absolute atomic E-state index is 12.9. The smallest absolute Gasteiger partial charge is 0.295 e. The summed E-state index contributed by atoms with van der Waals surface area (Å²) in [7, 11) is 5.26. The molecule has 2 heterocycles. The van der Waals surface area contributed by atoms with E-state index in [-0.39, 0.29) is 11.3 Å². The minimum atomic E-state index is -0.758. The van der Waals surface area contributed by atoms with Crippen LogP contribution >= 0.6 is 0 Å². The predicted molar refractivity (Wildman–Crippen MR) is 105 cm³/mol. The van der Waals surface area contributed by atoms with E-state index in [1.165, 1.54) is 12.0 Å². The van der Waals surface area contributed by atoms with Gasteiger partial charge in [-0.05, 0) is 38.4 Å². The first-order valence-electron chi connectivity index (χ1n) is 8.93. The van der Waals surface area contributed by atoms with Crippen LogP contribution in [0.4, 0.5) is 0 Å². The summed E-state index contributed by atoms with van der Waals surface area (Å²) in [5.41, 5.74) is 0.903. The number of aliphatic hydroxyl groups is 1. The highest BCUT2D eigenvalue weighted by Crippen LogP contribution is 2.39. The molecule has 1 saturated heterocycles. The van der Waals surface area contributed by atoms with Crippen LogP contribution in [0.25, 0.3) is 5.76 Å². The van der Waals surface area contributed by atoms with E-state index in [4.69, 9.17) is 4.74 Å². The van der Waals surface area contributed by atoms with Crippen molar-refractivity contribution in [3.8, 4) is 5.75 Å². The Morgan fingerprint density at radius 2 is 1.89 bits per heavy atom. The standard InChI is InChI=1S/C21H23N3O4/c1-23(2)12-13-24-18(15-9-6-7-11-22-15)17(20(26)21(24)27)19(25)14-8-4-5-10-16(14)28-3/h4-11,18,25H,12-13H2,1-3H3/b19-17-. The molecule has 0 bridgehead atoms. The van der Waals surface area contributed by atoms with Crippen LogP contribution in [0.5, 0.6) is 5.75 Å². The average Bonchev–Trinajstić information content (AvgIpc) is 2.97. The lowest BCUT2D eigenvalue weighted by Crippen LogP contribution is -2.35. The fraction of sp³-hybridized carbons (Fsp3) is 0.286. The van der Waals surface area contributed by atoms with E-state index in [2.05, 4.69) is 4.98 Å². The lowest BCUT2D eigenvalue weighted by Gasteiger charge is -2.25. The Morgan fingerprint density at radius 1 is 1.18 bits per heavy atom. The van der Waals surface area contributed by atoms with Crippen molar-refractivity contribution < 1.29 is 19.4 Å². The molecule has 7 nitrogen and oxygen atoms in total. The van der Waals surface area contributed by atoms with Crippen molar-refractivity contribution in [3.05, 3.63) is 65.5 Å². The van der Waals surface area contributed by atoms with Crippen molar-refractivity contribution in [2.24, 2.45) is 0 Å². The Labute approximate surface area is 163 Å². The molecule has 0 aliphatic carbocycles. The van der Waals surface area contributed by atoms with Crippen LogP contribution in [0.3, 0.4) is 0 Å². The number of carbonyl (C=O) groups excluding carboxylic acids is 2. The Morgan fingerprint density at radius 3 is 2.54 bits per heavy atom. The number of aromatic nitrogens is 1. The monoisotopic (exact) mass is 381 g/mol. The first kappa shape index (κ1) is 19.6. The minimum Gasteiger partial charge on any atom is -0.507 e. The van der Waals surface area contributed by atoms with Gasteiger partial charge >= 0.3 is 0 Å². The summed E-state index contributed by atoms with van der Waals surface area (Å²) in [6.07, 6.45) is 1.60. The highest BCUT2D eigenvalue weighted by Gasteiger charge is 2.46. The van der Waals surface area contributed by atoms with E-state index in [9.17, 15) is 14.7 Å². The predicted octanol–water partition coefficient (Wildman–Crippen LogP) is 2.07. The summed E-state index contributed by atoms with van der Waals surface area (Å²) in [5.74, 6) is -1.22. The first-order chi connectivity index (χ1) is 13.5. The van der Waals surface area contributed by atoms with Gasteiger partial charge in [0.05, 0.1) is 23.9 Å². The van der Waals surface area contributed by atoms with Crippen LogP contribution in [-0.4, -0.2) is 65.9 Å². The molecule has 1 atom stereocenters. The van der Waals surface area contributed by atoms with Gasteiger partial charge < -0.3 is 19.6 Å². The van der Waals surface area contributed by atoms with Gasteiger partial charge in [0.25, 0.3) is 11.7 Å². The number of hydrogen-bond acceptors (Lipinski definition) is 6. The molecule has 0 saturated carbocycles. The largest absolute Gasteiger partial charge is 0.507 e. The van der Waals surface area contributed by atoms with Gasteiger partial charge in [-0.1, -0.05) is 18.2 Å². The fourth-order valence-corrected chi connectivity index (χ4v) is 3.25. The Hall–Kier alpha value is -3.19. The number of nitrogens with zero attached hydrogens (tertiary/aromatic N) is 3. The number of rotatable bonds is 6. The molecular formula is C21H23N3O4. The average molecular weight is 381 g/mol. The number of ether oxygens (including phenoxy) is 1. The van der Waals surface area contributed by atoms with Crippen molar-refractivity contribution in [2.45, 2.75) is 6.04 Å². The minimum absolute atomic E-state index is 0.0203. The Balaban J connectivity index is 2.16. The molecule has 1 N–H and O–H groups in total. The number of likely N-dealkylation sites (tertiary alicyclic amines) is 1. The summed E-state index contributed by atoms with van der Waals surface area (Å²) in [5, 5.41) is 11.0. The molecule has 1 unspecified atom stereocenters. The lowest BCUT2D eigenvalue weighted by atomic mass is 9.98. The van der Waals surface area contributed by atoms with Gasteiger partial charge in [-0.3, -0.25) is 14.6 Å².